The highest BCUT2D eigenvalue weighted by molar-refractivity contribution is 5.61. The first kappa shape index (κ1) is 7.41. The number of phenolic OH excluding ortho intramolecular Hbond substituents is 1. The van der Waals surface area contributed by atoms with Crippen molar-refractivity contribution in [1.29, 1.82) is 0 Å². The molecule has 0 saturated heterocycles. The van der Waals surface area contributed by atoms with Crippen LogP contribution in [-0.2, 0) is 0 Å². The van der Waals surface area contributed by atoms with Crippen LogP contribution in [0.2, 0.25) is 0 Å². The van der Waals surface area contributed by atoms with Gasteiger partial charge in [0.2, 0.25) is 0 Å². The lowest BCUT2D eigenvalue weighted by Gasteiger charge is -2.18. The van der Waals surface area contributed by atoms with Crippen molar-refractivity contribution < 1.29 is 5.11 Å². The molecule has 0 spiro atoms. The van der Waals surface area contributed by atoms with E-state index in [1.165, 1.54) is 0 Å². The van der Waals surface area contributed by atoms with Crippen LogP contribution in [0.15, 0.2) is 24.3 Å². The highest BCUT2D eigenvalue weighted by Gasteiger charge is 2.15. The Bertz CT molecular complexity index is 326. The summed E-state index contributed by atoms with van der Waals surface area (Å²) in [6, 6.07) is 5.69. The van der Waals surface area contributed by atoms with E-state index in [1.807, 2.05) is 12.1 Å². The largest absolute Gasteiger partial charge is 0.508 e. The maximum Gasteiger partial charge on any atom is 0.119 e. The Morgan fingerprint density at radius 1 is 1.42 bits per heavy atom. The van der Waals surface area contributed by atoms with Gasteiger partial charge in [-0.25, -0.2) is 0 Å². The van der Waals surface area contributed by atoms with Gasteiger partial charge in [0, 0.05) is 5.56 Å². The molecule has 0 radical (unpaired) electrons. The zero-order valence-corrected chi connectivity index (χ0v) is 7.12. The third-order valence-electron chi connectivity index (χ3n) is 2.40. The second-order valence-corrected chi connectivity index (χ2v) is 3.32. The average molecular weight is 160 g/mol. The average Bonchev–Trinajstić information content (AvgIpc) is 2.04. The molecular weight excluding hydrogens is 148 g/mol. The molecule has 1 aromatic carbocycles. The van der Waals surface area contributed by atoms with Crippen LogP contribution < -0.4 is 0 Å². The second kappa shape index (κ2) is 2.67. The van der Waals surface area contributed by atoms with Crippen molar-refractivity contribution in [3.8, 4) is 5.75 Å². The summed E-state index contributed by atoms with van der Waals surface area (Å²) in [7, 11) is 0. The zero-order valence-electron chi connectivity index (χ0n) is 7.12. The molecule has 1 aliphatic carbocycles. The molecule has 0 amide bonds. The quantitative estimate of drug-likeness (QED) is 0.618. The molecule has 12 heavy (non-hydrogen) atoms. The fraction of sp³-hybridized carbons (Fsp3) is 0.273. The molecule has 2 rings (SSSR count). The van der Waals surface area contributed by atoms with Crippen molar-refractivity contribution in [2.75, 3.05) is 0 Å². The van der Waals surface area contributed by atoms with Gasteiger partial charge in [0.05, 0.1) is 0 Å². The topological polar surface area (TPSA) is 20.2 Å². The Labute approximate surface area is 72.4 Å². The summed E-state index contributed by atoms with van der Waals surface area (Å²) >= 11 is 0. The van der Waals surface area contributed by atoms with Crippen molar-refractivity contribution in [1.82, 2.24) is 0 Å². The molecule has 1 heteroatoms. The number of benzene rings is 1. The maximum absolute atomic E-state index is 9.59. The molecule has 1 atom stereocenters. The van der Waals surface area contributed by atoms with Gasteiger partial charge in [-0.15, -0.1) is 0 Å². The third-order valence-corrected chi connectivity index (χ3v) is 2.40. The van der Waals surface area contributed by atoms with Gasteiger partial charge < -0.3 is 5.11 Å². The molecule has 1 nitrogen and oxygen atoms in total. The Kier molecular flexibility index (Phi) is 1.65. The molecule has 0 fully saturated rings. The monoisotopic (exact) mass is 160 g/mol. The van der Waals surface area contributed by atoms with Crippen molar-refractivity contribution >= 4 is 6.08 Å². The number of hydrogen-bond donors (Lipinski definition) is 1. The van der Waals surface area contributed by atoms with E-state index in [1.54, 1.807) is 6.07 Å². The fourth-order valence-corrected chi connectivity index (χ4v) is 1.77. The molecule has 1 N–H and O–H groups in total. The predicted molar refractivity (Wildman–Crippen MR) is 50.2 cm³/mol. The van der Waals surface area contributed by atoms with Gasteiger partial charge in [-0.2, -0.15) is 0 Å². The van der Waals surface area contributed by atoms with Crippen LogP contribution in [0.25, 0.3) is 6.08 Å². The van der Waals surface area contributed by atoms with E-state index in [-0.39, 0.29) is 0 Å². The lowest BCUT2D eigenvalue weighted by atomic mass is 9.88. The van der Waals surface area contributed by atoms with E-state index < -0.39 is 0 Å². The molecule has 1 unspecified atom stereocenters. The van der Waals surface area contributed by atoms with Crippen LogP contribution in [-0.4, -0.2) is 5.11 Å². The summed E-state index contributed by atoms with van der Waals surface area (Å²) in [4.78, 5) is 0. The predicted octanol–water partition coefficient (Wildman–Crippen LogP) is 2.91. The molecule has 0 heterocycles. The highest BCUT2D eigenvalue weighted by Crippen LogP contribution is 2.35. The standard InChI is InChI=1S/C11H12O/c1-8-4-2-5-9-6-3-7-10(12)11(8)9/h2-3,5-8,12H,4H2,1H3. The van der Waals surface area contributed by atoms with E-state index in [2.05, 4.69) is 19.1 Å². The van der Waals surface area contributed by atoms with Crippen LogP contribution in [0, 0.1) is 0 Å². The van der Waals surface area contributed by atoms with Crippen molar-refractivity contribution in [3.63, 3.8) is 0 Å². The van der Waals surface area contributed by atoms with Gasteiger partial charge in [0.25, 0.3) is 0 Å². The van der Waals surface area contributed by atoms with Crippen LogP contribution in [0.1, 0.15) is 30.4 Å². The summed E-state index contributed by atoms with van der Waals surface area (Å²) in [5, 5.41) is 9.59. The Hall–Kier alpha value is -1.24. The van der Waals surface area contributed by atoms with E-state index >= 15 is 0 Å². The molecule has 1 aromatic rings. The smallest absolute Gasteiger partial charge is 0.119 e. The van der Waals surface area contributed by atoms with Crippen molar-refractivity contribution in [3.05, 3.63) is 35.4 Å². The van der Waals surface area contributed by atoms with Gasteiger partial charge in [-0.3, -0.25) is 0 Å². The van der Waals surface area contributed by atoms with Gasteiger partial charge in [0.1, 0.15) is 5.75 Å². The van der Waals surface area contributed by atoms with Crippen LogP contribution in [0.3, 0.4) is 0 Å². The lowest BCUT2D eigenvalue weighted by Crippen LogP contribution is -1.99. The van der Waals surface area contributed by atoms with Gasteiger partial charge >= 0.3 is 0 Å². The maximum atomic E-state index is 9.59. The molecule has 62 valence electrons. The summed E-state index contributed by atoms with van der Waals surface area (Å²) in [6.45, 7) is 2.14. The summed E-state index contributed by atoms with van der Waals surface area (Å²) in [5.41, 5.74) is 2.26. The first-order valence-electron chi connectivity index (χ1n) is 4.27. The van der Waals surface area contributed by atoms with E-state index in [9.17, 15) is 5.11 Å². The SMILES string of the molecule is CC1CC=Cc2cccc(O)c21. The summed E-state index contributed by atoms with van der Waals surface area (Å²) < 4.78 is 0. The summed E-state index contributed by atoms with van der Waals surface area (Å²) in [6.07, 6.45) is 5.27. The highest BCUT2D eigenvalue weighted by atomic mass is 16.3. The van der Waals surface area contributed by atoms with Gasteiger partial charge in [0.15, 0.2) is 0 Å². The van der Waals surface area contributed by atoms with Crippen LogP contribution in [0.5, 0.6) is 5.75 Å². The second-order valence-electron chi connectivity index (χ2n) is 3.32. The minimum Gasteiger partial charge on any atom is -0.508 e. The normalized spacial score (nSPS) is 20.6. The number of aromatic hydroxyl groups is 1. The first-order chi connectivity index (χ1) is 5.79. The van der Waals surface area contributed by atoms with Gasteiger partial charge in [-0.05, 0) is 24.0 Å². The lowest BCUT2D eigenvalue weighted by molar-refractivity contribution is 0.462. The number of phenols is 1. The number of rotatable bonds is 0. The zero-order chi connectivity index (χ0) is 8.55. The number of fused-ring (bicyclic) bond motifs is 1. The molecule has 0 saturated carbocycles. The molecule has 0 aromatic heterocycles. The molecular formula is C11H12O. The van der Waals surface area contributed by atoms with E-state index in [4.69, 9.17) is 0 Å². The van der Waals surface area contributed by atoms with E-state index in [0.717, 1.165) is 17.5 Å². The van der Waals surface area contributed by atoms with Crippen molar-refractivity contribution in [2.45, 2.75) is 19.3 Å². The van der Waals surface area contributed by atoms with Crippen LogP contribution >= 0.6 is 0 Å². The Balaban J connectivity index is 2.62. The molecule has 0 aliphatic heterocycles. The third kappa shape index (κ3) is 1.02. The Morgan fingerprint density at radius 3 is 3.00 bits per heavy atom. The van der Waals surface area contributed by atoms with Crippen LogP contribution in [0.4, 0.5) is 0 Å². The first-order valence-corrected chi connectivity index (χ1v) is 4.27. The molecule has 0 bridgehead atoms. The molecule has 1 aliphatic rings. The minimum atomic E-state index is 0.435. The fourth-order valence-electron chi connectivity index (χ4n) is 1.77. The summed E-state index contributed by atoms with van der Waals surface area (Å²) in [5.74, 6) is 0.885. The minimum absolute atomic E-state index is 0.435. The van der Waals surface area contributed by atoms with Crippen molar-refractivity contribution in [2.24, 2.45) is 0 Å². The van der Waals surface area contributed by atoms with E-state index in [0.29, 0.717) is 11.7 Å². The Morgan fingerprint density at radius 2 is 2.25 bits per heavy atom. The number of hydrogen-bond acceptors (Lipinski definition) is 1. The van der Waals surface area contributed by atoms with Gasteiger partial charge in [-0.1, -0.05) is 31.2 Å². The number of allylic oxidation sites excluding steroid dienone is 1.